The number of phosphoric ester groups is 1. The molecule has 1 aliphatic heterocycles. The fourth-order valence-corrected chi connectivity index (χ4v) is 5.58. The average molecular weight is 509 g/mol. The molecular formula is C10H16N5O13P3. The van der Waals surface area contributed by atoms with Gasteiger partial charge in [0.05, 0.1) is 12.9 Å². The van der Waals surface area contributed by atoms with Crippen LogP contribution in [0.15, 0.2) is 12.6 Å². The van der Waals surface area contributed by atoms with Gasteiger partial charge in [-0.3, -0.25) is 9.09 Å². The third-order valence-corrected chi connectivity index (χ3v) is 7.54. The standard InChI is InChI=1S/C10H16N5O13P3/c11-8-5-9(13-2-12-8)15(3-14-5)10-7(17)6(16)4(26-10)1-25-30(21,22)28-31(23,24)27-29(18,19)20/h2-4,6-7,10,16-17H,1H2,(H,21,22)(H,23,24)(H2,11,12,13)(H2,18,19,20)/t4-,6-,7-,10-/m1/s1/i3T. The van der Waals surface area contributed by atoms with Gasteiger partial charge in [0.25, 0.3) is 0 Å². The minimum Gasteiger partial charge on any atom is -0.387 e. The molecule has 31 heavy (non-hydrogen) atoms. The van der Waals surface area contributed by atoms with E-state index in [-0.39, 0.29) is 17.0 Å². The second kappa shape index (κ2) is 8.53. The molecule has 1 fully saturated rings. The Kier molecular flexibility index (Phi) is 6.28. The molecule has 2 aromatic heterocycles. The first-order valence-electron chi connectivity index (χ1n) is 8.35. The van der Waals surface area contributed by atoms with Gasteiger partial charge in [-0.1, -0.05) is 0 Å². The summed E-state index contributed by atoms with van der Waals surface area (Å²) < 4.78 is 59.5. The van der Waals surface area contributed by atoms with Crippen molar-refractivity contribution in [2.75, 3.05) is 12.3 Å². The van der Waals surface area contributed by atoms with E-state index in [1.165, 1.54) is 0 Å². The van der Waals surface area contributed by atoms with Gasteiger partial charge in [0.15, 0.2) is 17.7 Å². The highest BCUT2D eigenvalue weighted by atomic mass is 31.3. The topological polar surface area (TPSA) is 279 Å². The number of aliphatic hydroxyl groups excluding tert-OH is 2. The largest absolute Gasteiger partial charge is 0.490 e. The number of nitrogens with zero attached hydrogens (tertiary/aromatic N) is 4. The van der Waals surface area contributed by atoms with Crippen LogP contribution < -0.4 is 5.73 Å². The summed E-state index contributed by atoms with van der Waals surface area (Å²) in [6, 6.07) is 0. The minimum atomic E-state index is -5.73. The van der Waals surface area contributed by atoms with Gasteiger partial charge in [0.2, 0.25) is 0 Å². The van der Waals surface area contributed by atoms with Gasteiger partial charge in [0, 0.05) is 0 Å². The lowest BCUT2D eigenvalue weighted by atomic mass is 10.1. The van der Waals surface area contributed by atoms with E-state index >= 15 is 0 Å². The maximum Gasteiger partial charge on any atom is 0.490 e. The number of ether oxygens (including phenoxy) is 1. The van der Waals surface area contributed by atoms with Crippen LogP contribution in [0.5, 0.6) is 0 Å². The van der Waals surface area contributed by atoms with Crippen molar-refractivity contribution in [3.63, 3.8) is 0 Å². The zero-order chi connectivity index (χ0) is 24.1. The second-order valence-electron chi connectivity index (χ2n) is 5.95. The third kappa shape index (κ3) is 5.71. The van der Waals surface area contributed by atoms with E-state index in [0.717, 1.165) is 10.9 Å². The minimum absolute atomic E-state index is 0.0134. The van der Waals surface area contributed by atoms with Gasteiger partial charge < -0.3 is 40.3 Å². The number of imidazole rings is 1. The van der Waals surface area contributed by atoms with Crippen molar-refractivity contribution in [2.24, 2.45) is 0 Å². The molecule has 1 aliphatic rings. The smallest absolute Gasteiger partial charge is 0.387 e. The highest BCUT2D eigenvalue weighted by molar-refractivity contribution is 7.66. The van der Waals surface area contributed by atoms with Crippen molar-refractivity contribution in [1.29, 1.82) is 0 Å². The molecule has 2 unspecified atom stereocenters. The molecule has 18 nitrogen and oxygen atoms in total. The number of aromatic nitrogens is 4. The molecule has 2 aromatic rings. The molecule has 21 heteroatoms. The summed E-state index contributed by atoms with van der Waals surface area (Å²) in [6.45, 7) is -1.02. The lowest BCUT2D eigenvalue weighted by Crippen LogP contribution is -2.33. The van der Waals surface area contributed by atoms with Crippen LogP contribution in [-0.2, 0) is 31.6 Å². The number of hydrogen-bond donors (Lipinski definition) is 7. The van der Waals surface area contributed by atoms with E-state index < -0.39 is 60.9 Å². The Balaban J connectivity index is 1.73. The van der Waals surface area contributed by atoms with E-state index in [0.29, 0.717) is 0 Å². The number of anilines is 1. The van der Waals surface area contributed by atoms with Gasteiger partial charge in [-0.2, -0.15) is 8.62 Å². The predicted molar refractivity (Wildman–Crippen MR) is 95.5 cm³/mol. The van der Waals surface area contributed by atoms with E-state index in [4.69, 9.17) is 26.5 Å². The number of nitrogens with two attached hydrogens (primary N) is 1. The van der Waals surface area contributed by atoms with Crippen molar-refractivity contribution in [3.05, 3.63) is 12.6 Å². The van der Waals surface area contributed by atoms with Crippen LogP contribution in [-0.4, -0.2) is 74.2 Å². The SMILES string of the molecule is [3H]c1nc2c(N)ncnc2n1[C@@H]1O[C@H](COP(=O)(O)OP(=O)(O)OP(=O)(O)O)[C@@H](O)[C@H]1O. The molecule has 0 radical (unpaired) electrons. The Hall–Kier alpha value is -1.36. The van der Waals surface area contributed by atoms with Crippen LogP contribution in [0.2, 0.25) is 0 Å². The Bertz CT molecular complexity index is 1160. The molecule has 6 atom stereocenters. The third-order valence-electron chi connectivity index (χ3n) is 3.74. The van der Waals surface area contributed by atoms with Crippen molar-refractivity contribution >= 4 is 40.4 Å². The van der Waals surface area contributed by atoms with E-state index in [1.54, 1.807) is 0 Å². The Morgan fingerprint density at radius 1 is 1.10 bits per heavy atom. The Labute approximate surface area is 173 Å². The first kappa shape index (κ1) is 22.8. The van der Waals surface area contributed by atoms with Crippen LogP contribution in [0, 0.1) is 0 Å². The predicted octanol–water partition coefficient (Wildman–Crippen LogP) is -1.63. The lowest BCUT2D eigenvalue weighted by Gasteiger charge is -2.19. The number of nitrogen functional groups attached to an aromatic ring is 1. The number of hydrogen-bond acceptors (Lipinski definition) is 13. The van der Waals surface area contributed by atoms with Crippen molar-refractivity contribution in [1.82, 2.24) is 19.5 Å². The maximum absolute atomic E-state index is 11.8. The average Bonchev–Trinajstić information content (AvgIpc) is 3.08. The van der Waals surface area contributed by atoms with E-state index in [9.17, 15) is 28.8 Å². The molecule has 3 rings (SSSR count). The first-order valence-corrected chi connectivity index (χ1v) is 12.4. The quantitative estimate of drug-likeness (QED) is 0.197. The molecule has 174 valence electrons. The van der Waals surface area contributed by atoms with Crippen molar-refractivity contribution < 1.29 is 62.7 Å². The highest BCUT2D eigenvalue weighted by Crippen LogP contribution is 2.66. The molecule has 0 saturated carbocycles. The maximum atomic E-state index is 11.8. The van der Waals surface area contributed by atoms with Crippen LogP contribution in [0.3, 0.4) is 0 Å². The number of fused-ring (bicyclic) bond motifs is 1. The van der Waals surface area contributed by atoms with Gasteiger partial charge in [-0.15, -0.1) is 0 Å². The zero-order valence-electron chi connectivity index (χ0n) is 15.8. The van der Waals surface area contributed by atoms with Gasteiger partial charge >= 0.3 is 23.5 Å². The second-order valence-corrected chi connectivity index (χ2v) is 10.4. The van der Waals surface area contributed by atoms with Crippen molar-refractivity contribution in [3.8, 4) is 0 Å². The molecular weight excluding hydrogens is 491 g/mol. The number of phosphoric acid groups is 3. The van der Waals surface area contributed by atoms with Crippen LogP contribution in [0.1, 0.15) is 7.60 Å². The summed E-state index contributed by atoms with van der Waals surface area (Å²) in [4.78, 5) is 47.0. The Morgan fingerprint density at radius 2 is 1.77 bits per heavy atom. The number of aliphatic hydroxyl groups is 2. The summed E-state index contributed by atoms with van der Waals surface area (Å²) in [7, 11) is -16.8. The molecule has 3 heterocycles. The first-order chi connectivity index (χ1) is 14.6. The molecule has 8 N–H and O–H groups in total. The lowest BCUT2D eigenvalue weighted by molar-refractivity contribution is -0.0503. The molecule has 1 saturated heterocycles. The highest BCUT2D eigenvalue weighted by Gasteiger charge is 2.47. The zero-order valence-corrected chi connectivity index (χ0v) is 17.5. The van der Waals surface area contributed by atoms with E-state index in [2.05, 4.69) is 28.1 Å². The van der Waals surface area contributed by atoms with Crippen LogP contribution in [0.4, 0.5) is 5.82 Å². The molecule has 0 aliphatic carbocycles. The summed E-state index contributed by atoms with van der Waals surface area (Å²) >= 11 is 0. The molecule has 0 aromatic carbocycles. The van der Waals surface area contributed by atoms with E-state index in [1.807, 2.05) is 0 Å². The summed E-state index contributed by atoms with van der Waals surface area (Å²) in [5.41, 5.74) is 5.64. The van der Waals surface area contributed by atoms with Gasteiger partial charge in [-0.25, -0.2) is 28.6 Å². The molecule has 0 amide bonds. The summed E-state index contributed by atoms with van der Waals surface area (Å²) in [5.74, 6) is -0.0699. The fourth-order valence-electron chi connectivity index (χ4n) is 2.55. The summed E-state index contributed by atoms with van der Waals surface area (Å²) in [5, 5.41) is 20.5. The molecule has 0 spiro atoms. The van der Waals surface area contributed by atoms with Gasteiger partial charge in [-0.05, 0) is 0 Å². The van der Waals surface area contributed by atoms with Crippen molar-refractivity contribution in [2.45, 2.75) is 24.5 Å². The Morgan fingerprint density at radius 3 is 2.42 bits per heavy atom. The van der Waals surface area contributed by atoms with Crippen LogP contribution in [0.25, 0.3) is 11.2 Å². The van der Waals surface area contributed by atoms with Gasteiger partial charge in [0.1, 0.15) is 31.5 Å². The molecule has 0 bridgehead atoms. The number of rotatable bonds is 8. The summed E-state index contributed by atoms with van der Waals surface area (Å²) in [6.07, 6.45) is -5.93. The normalized spacial score (nSPS) is 28.9. The fraction of sp³-hybridized carbons (Fsp3) is 0.500. The van der Waals surface area contributed by atoms with Crippen LogP contribution >= 0.6 is 23.5 Å². The monoisotopic (exact) mass is 509 g/mol.